The summed E-state index contributed by atoms with van der Waals surface area (Å²) in [5.74, 6) is 1.86. The van der Waals surface area contributed by atoms with Gasteiger partial charge in [0.2, 0.25) is 0 Å². The SMILES string of the molecule is [2H]c1c([2H])c([2H])c(-c2cccc(-c3c([2H])c([2H])c([2H])c([2H])c3[2H])c2-[n+]2cn(-c3cccc(Oc4ccc5c6cc(-c7cccc8c9ccccc9n(-c9ccccc9)c78)ccc6n(-c6cc(C(C)(C)C)ccn6)c5c4)c3)c3ccccc32)c([2H])c1[2H].[Cl-]. The molecule has 370 valence electrons. The fraction of sp³-hybridized carbons (Fsp3) is 0.0571. The zero-order valence-corrected chi connectivity index (χ0v) is 42.8. The molecule has 0 aliphatic carbocycles. The Morgan fingerprint density at radius 2 is 1.09 bits per heavy atom. The smallest absolute Gasteiger partial charge is 0.255 e. The molecule has 0 radical (unpaired) electrons. The van der Waals surface area contributed by atoms with E-state index in [1.807, 2.05) is 71.4 Å². The number of rotatable bonds is 9. The molecule has 0 spiro atoms. The van der Waals surface area contributed by atoms with Gasteiger partial charge in [0.25, 0.3) is 6.33 Å². The van der Waals surface area contributed by atoms with Crippen LogP contribution in [0.3, 0.4) is 0 Å². The Balaban J connectivity index is 0.00000700. The number of imidazole rings is 1. The Morgan fingerprint density at radius 1 is 0.468 bits per heavy atom. The minimum absolute atomic E-state index is 0. The number of benzene rings is 10. The van der Waals surface area contributed by atoms with E-state index in [1.54, 1.807) is 29.1 Å². The number of para-hydroxylation sites is 6. The molecule has 10 aromatic carbocycles. The lowest BCUT2D eigenvalue weighted by molar-refractivity contribution is -0.566. The van der Waals surface area contributed by atoms with Gasteiger partial charge in [-0.15, -0.1) is 0 Å². The first kappa shape index (κ1) is 37.3. The van der Waals surface area contributed by atoms with E-state index in [-0.39, 0.29) is 45.8 Å². The van der Waals surface area contributed by atoms with Gasteiger partial charge in [-0.25, -0.2) is 4.98 Å². The van der Waals surface area contributed by atoms with Crippen LogP contribution in [0.4, 0.5) is 0 Å². The predicted molar refractivity (Wildman–Crippen MR) is 313 cm³/mol. The third kappa shape index (κ3) is 8.13. The Bertz CT molecular complexity index is 5020. The van der Waals surface area contributed by atoms with Crippen molar-refractivity contribution in [1.29, 1.82) is 0 Å². The van der Waals surface area contributed by atoms with E-state index in [0.29, 0.717) is 28.2 Å². The van der Waals surface area contributed by atoms with Gasteiger partial charge < -0.3 is 21.7 Å². The fourth-order valence-electron chi connectivity index (χ4n) is 10.9. The monoisotopic (exact) mass is 1020 g/mol. The van der Waals surface area contributed by atoms with Gasteiger partial charge in [0.05, 0.1) is 35.8 Å². The van der Waals surface area contributed by atoms with Gasteiger partial charge in [-0.05, 0) is 107 Å². The predicted octanol–water partition coefficient (Wildman–Crippen LogP) is 14.6. The molecule has 14 rings (SSSR count). The van der Waals surface area contributed by atoms with Crippen LogP contribution in [0.1, 0.15) is 40.0 Å². The highest BCUT2D eigenvalue weighted by Crippen LogP contribution is 2.42. The summed E-state index contributed by atoms with van der Waals surface area (Å²) in [6.45, 7) is 6.59. The van der Waals surface area contributed by atoms with E-state index in [9.17, 15) is 0 Å². The first-order valence-electron chi connectivity index (χ1n) is 30.2. The summed E-state index contributed by atoms with van der Waals surface area (Å²) in [7, 11) is 0. The van der Waals surface area contributed by atoms with Crippen molar-refractivity contribution in [3.8, 4) is 67.8 Å². The maximum absolute atomic E-state index is 9.11. The van der Waals surface area contributed by atoms with Crippen molar-refractivity contribution >= 4 is 54.6 Å². The van der Waals surface area contributed by atoms with Gasteiger partial charge in [0.1, 0.15) is 28.7 Å². The Morgan fingerprint density at radius 3 is 1.86 bits per heavy atom. The number of ether oxygens (including phenoxy) is 1. The molecule has 0 amide bonds. The molecule has 0 unspecified atom stereocenters. The lowest BCUT2D eigenvalue weighted by atomic mass is 9.88. The van der Waals surface area contributed by atoms with E-state index in [4.69, 9.17) is 23.4 Å². The molecule has 0 aliphatic rings. The number of fused-ring (bicyclic) bond motifs is 7. The second-order valence-corrected chi connectivity index (χ2v) is 19.9. The van der Waals surface area contributed by atoms with Gasteiger partial charge in [0, 0.05) is 62.3 Å². The highest BCUT2D eigenvalue weighted by atomic mass is 35.5. The highest BCUT2D eigenvalue weighted by Gasteiger charge is 2.26. The molecule has 0 atom stereocenters. The fourth-order valence-corrected chi connectivity index (χ4v) is 10.9. The highest BCUT2D eigenvalue weighted by molar-refractivity contribution is 6.15. The first-order valence-corrected chi connectivity index (χ1v) is 25.2. The summed E-state index contributed by atoms with van der Waals surface area (Å²) in [6, 6.07) is 57.5. The van der Waals surface area contributed by atoms with Crippen LogP contribution in [0, 0.1) is 0 Å². The molecule has 4 heterocycles. The summed E-state index contributed by atoms with van der Waals surface area (Å²) in [5, 5.41) is 4.40. The Hall–Kier alpha value is -9.49. The van der Waals surface area contributed by atoms with Crippen molar-refractivity contribution in [3.05, 3.63) is 267 Å². The van der Waals surface area contributed by atoms with Crippen LogP contribution in [0.15, 0.2) is 261 Å². The van der Waals surface area contributed by atoms with Gasteiger partial charge in [-0.2, -0.15) is 9.13 Å². The Kier molecular flexibility index (Phi) is 9.21. The summed E-state index contributed by atoms with van der Waals surface area (Å²) in [4.78, 5) is 5.01. The van der Waals surface area contributed by atoms with Crippen LogP contribution in [0.5, 0.6) is 11.5 Å². The van der Waals surface area contributed by atoms with E-state index < -0.39 is 60.4 Å². The lowest BCUT2D eigenvalue weighted by Crippen LogP contribution is -3.00. The molecule has 0 aliphatic heterocycles. The van der Waals surface area contributed by atoms with Gasteiger partial charge in [-0.3, -0.25) is 4.57 Å². The molecule has 0 N–H and O–H groups in total. The number of halogens is 1. The van der Waals surface area contributed by atoms with Crippen molar-refractivity contribution in [1.82, 2.24) is 18.7 Å². The maximum atomic E-state index is 9.11. The average Bonchev–Trinajstić information content (AvgIpc) is 1.75. The van der Waals surface area contributed by atoms with Crippen molar-refractivity contribution in [2.24, 2.45) is 0 Å². The van der Waals surface area contributed by atoms with Crippen LogP contribution in [0.2, 0.25) is 0 Å². The number of hydrogen-bond acceptors (Lipinski definition) is 2. The standard InChI is InChI=1S/C70H52N5O.ClH/c1-70(2,3)50-40-41-71-67(43-50)75-63-39-36-49(57-31-19-32-60-58-28-13-14-33-62(58)74(69(57)60)51-24-11-6-12-25-51)42-61(63)59-38-37-54(45-66(59)75)76-53-27-17-26-52(44-53)72-46-73(65-35-16-15-34-64(65)72)68-55(47-20-7-4-8-21-47)29-18-30-56(68)48-22-9-5-10-23-48;/h4-46H,1-3H3;1H/q+1;/p-1/i4D,5D,7D,8D,9D,10D,20D,21D,22D,23D;. The zero-order valence-electron chi connectivity index (χ0n) is 52.1. The third-order valence-electron chi connectivity index (χ3n) is 14.4. The molecule has 4 aromatic heterocycles. The summed E-state index contributed by atoms with van der Waals surface area (Å²) in [5.41, 5.74) is 10.7. The van der Waals surface area contributed by atoms with E-state index in [1.165, 1.54) is 10.8 Å². The number of hydrogen-bond donors (Lipinski definition) is 0. The zero-order chi connectivity index (χ0) is 59.6. The molecule has 0 bridgehead atoms. The van der Waals surface area contributed by atoms with E-state index in [2.05, 4.69) is 139 Å². The average molecular weight is 1020 g/mol. The van der Waals surface area contributed by atoms with Crippen LogP contribution in [-0.4, -0.2) is 18.7 Å². The molecule has 6 nitrogen and oxygen atoms in total. The lowest BCUT2D eigenvalue weighted by Gasteiger charge is -2.20. The molecule has 0 saturated carbocycles. The maximum Gasteiger partial charge on any atom is 0.255 e. The second-order valence-electron chi connectivity index (χ2n) is 19.9. The molecule has 14 aromatic rings. The normalized spacial score (nSPS) is 13.5. The van der Waals surface area contributed by atoms with Crippen molar-refractivity contribution in [2.75, 3.05) is 0 Å². The molecular weight excluding hydrogens is 962 g/mol. The van der Waals surface area contributed by atoms with Crippen molar-refractivity contribution < 1.29 is 35.4 Å². The molecule has 0 saturated heterocycles. The van der Waals surface area contributed by atoms with Gasteiger partial charge in [-0.1, -0.05) is 178 Å². The number of nitrogens with zero attached hydrogens (tertiary/aromatic N) is 5. The van der Waals surface area contributed by atoms with Crippen LogP contribution >= 0.6 is 0 Å². The number of pyridine rings is 1. The van der Waals surface area contributed by atoms with Crippen LogP contribution in [0.25, 0.3) is 111 Å². The summed E-state index contributed by atoms with van der Waals surface area (Å²) < 4.78 is 103. The molecule has 77 heavy (non-hydrogen) atoms. The van der Waals surface area contributed by atoms with Crippen LogP contribution < -0.4 is 21.7 Å². The minimum Gasteiger partial charge on any atom is -1.00 e. The summed E-state index contributed by atoms with van der Waals surface area (Å²) in [6.07, 6.45) is 3.66. The molecular formula is C70H52ClN5O. The Labute approximate surface area is 467 Å². The quantitative estimate of drug-likeness (QED) is 0.135. The molecule has 0 fully saturated rings. The van der Waals surface area contributed by atoms with E-state index >= 15 is 0 Å². The van der Waals surface area contributed by atoms with Gasteiger partial charge in [0.15, 0.2) is 11.0 Å². The van der Waals surface area contributed by atoms with E-state index in [0.717, 1.165) is 61.0 Å². The summed E-state index contributed by atoms with van der Waals surface area (Å²) >= 11 is 0. The minimum atomic E-state index is -0.563. The second kappa shape index (κ2) is 19.0. The molecule has 7 heteroatoms. The number of aromatic nitrogens is 5. The van der Waals surface area contributed by atoms with Crippen molar-refractivity contribution in [3.63, 3.8) is 0 Å². The largest absolute Gasteiger partial charge is 1.00 e. The van der Waals surface area contributed by atoms with Gasteiger partial charge >= 0.3 is 0 Å². The van der Waals surface area contributed by atoms with Crippen molar-refractivity contribution in [2.45, 2.75) is 26.2 Å². The first-order chi connectivity index (χ1) is 41.5. The van der Waals surface area contributed by atoms with Crippen LogP contribution in [-0.2, 0) is 5.41 Å². The third-order valence-corrected chi connectivity index (χ3v) is 14.4. The topological polar surface area (TPSA) is 40.8 Å².